The quantitative estimate of drug-likeness (QED) is 0.857. The van der Waals surface area contributed by atoms with Crippen molar-refractivity contribution < 1.29 is 8.78 Å². The van der Waals surface area contributed by atoms with Gasteiger partial charge >= 0.3 is 0 Å². The van der Waals surface area contributed by atoms with Crippen LogP contribution >= 0.6 is 0 Å². The van der Waals surface area contributed by atoms with Crippen LogP contribution < -0.4 is 5.32 Å². The van der Waals surface area contributed by atoms with Gasteiger partial charge in [-0.15, -0.1) is 0 Å². The number of halogens is 2. The maximum Gasteiger partial charge on any atom is 0.126 e. The van der Waals surface area contributed by atoms with Gasteiger partial charge in [-0.1, -0.05) is 6.92 Å². The smallest absolute Gasteiger partial charge is 0.126 e. The fourth-order valence-electron chi connectivity index (χ4n) is 3.50. The Morgan fingerprint density at radius 2 is 1.90 bits per heavy atom. The molecule has 3 atom stereocenters. The molecule has 3 unspecified atom stereocenters. The molecule has 1 N–H and O–H groups in total. The molecule has 0 amide bonds. The highest BCUT2D eigenvalue weighted by atomic mass is 19.1. The first-order chi connectivity index (χ1) is 10.0. The Bertz CT molecular complexity index is 444. The molecule has 1 saturated heterocycles. The van der Waals surface area contributed by atoms with Gasteiger partial charge in [-0.3, -0.25) is 4.90 Å². The van der Waals surface area contributed by atoms with E-state index in [1.54, 1.807) is 0 Å². The van der Waals surface area contributed by atoms with Gasteiger partial charge in [0.15, 0.2) is 0 Å². The lowest BCUT2D eigenvalue weighted by Crippen LogP contribution is -2.36. The third-order valence-corrected chi connectivity index (χ3v) is 4.74. The number of hydrogen-bond acceptors (Lipinski definition) is 2. The predicted molar refractivity (Wildman–Crippen MR) is 82.3 cm³/mol. The number of hydrogen-bond donors (Lipinski definition) is 1. The van der Waals surface area contributed by atoms with Crippen molar-refractivity contribution in [3.8, 4) is 0 Å². The molecule has 1 aromatic rings. The molecule has 0 radical (unpaired) electrons. The second kappa shape index (κ2) is 7.32. The lowest BCUT2D eigenvalue weighted by Gasteiger charge is -2.29. The summed E-state index contributed by atoms with van der Waals surface area (Å²) in [6, 6.07) is 5.02. The minimum absolute atomic E-state index is 0.0134. The van der Waals surface area contributed by atoms with Crippen molar-refractivity contribution in [3.05, 3.63) is 35.4 Å². The van der Waals surface area contributed by atoms with Crippen LogP contribution in [0.25, 0.3) is 0 Å². The van der Waals surface area contributed by atoms with Gasteiger partial charge in [0, 0.05) is 30.7 Å². The van der Waals surface area contributed by atoms with Gasteiger partial charge in [-0.2, -0.15) is 0 Å². The van der Waals surface area contributed by atoms with Gasteiger partial charge in [0.05, 0.1) is 0 Å². The molecule has 118 valence electrons. The molecular formula is C17H26F2N2. The molecule has 1 aliphatic heterocycles. The highest BCUT2D eigenvalue weighted by Gasteiger charge is 2.29. The summed E-state index contributed by atoms with van der Waals surface area (Å²) in [4.78, 5) is 2.54. The molecule has 0 bridgehead atoms. The topological polar surface area (TPSA) is 15.3 Å². The molecule has 4 heteroatoms. The van der Waals surface area contributed by atoms with Crippen LogP contribution in [0.4, 0.5) is 8.78 Å². The fourth-order valence-corrected chi connectivity index (χ4v) is 3.50. The summed E-state index contributed by atoms with van der Waals surface area (Å²) in [5.41, 5.74) is 0.690. The number of nitrogens with one attached hydrogen (secondary N) is 1. The van der Waals surface area contributed by atoms with E-state index >= 15 is 0 Å². The van der Waals surface area contributed by atoms with E-state index in [4.69, 9.17) is 0 Å². The van der Waals surface area contributed by atoms with E-state index in [1.807, 2.05) is 7.05 Å². The van der Waals surface area contributed by atoms with Crippen LogP contribution in [-0.4, -0.2) is 30.6 Å². The first kappa shape index (κ1) is 16.4. The van der Waals surface area contributed by atoms with E-state index in [1.165, 1.54) is 31.4 Å². The highest BCUT2D eigenvalue weighted by Crippen LogP contribution is 2.28. The third-order valence-electron chi connectivity index (χ3n) is 4.74. The molecule has 0 aliphatic carbocycles. The zero-order valence-electron chi connectivity index (χ0n) is 13.2. The van der Waals surface area contributed by atoms with Crippen LogP contribution in [0.2, 0.25) is 0 Å². The Morgan fingerprint density at radius 3 is 2.48 bits per heavy atom. The lowest BCUT2D eigenvalue weighted by atomic mass is 10.0. The van der Waals surface area contributed by atoms with Crippen LogP contribution in [0.1, 0.15) is 51.1 Å². The number of rotatable bonds is 6. The highest BCUT2D eigenvalue weighted by molar-refractivity contribution is 5.21. The average molecular weight is 296 g/mol. The lowest BCUT2D eigenvalue weighted by molar-refractivity contribution is 0.189. The van der Waals surface area contributed by atoms with Crippen molar-refractivity contribution in [2.75, 3.05) is 13.6 Å². The zero-order valence-corrected chi connectivity index (χ0v) is 13.2. The van der Waals surface area contributed by atoms with Crippen LogP contribution in [0.5, 0.6) is 0 Å². The summed E-state index contributed by atoms with van der Waals surface area (Å²) in [5.74, 6) is -1.02. The SMILES string of the molecule is CCC1CCC(C)N1CCC(NC)c1cc(F)cc(F)c1. The maximum atomic E-state index is 13.4. The molecule has 0 saturated carbocycles. The largest absolute Gasteiger partial charge is 0.313 e. The van der Waals surface area contributed by atoms with Crippen molar-refractivity contribution in [1.82, 2.24) is 10.2 Å². The van der Waals surface area contributed by atoms with E-state index in [0.717, 1.165) is 19.0 Å². The van der Waals surface area contributed by atoms with Gasteiger partial charge in [0.2, 0.25) is 0 Å². The van der Waals surface area contributed by atoms with E-state index < -0.39 is 11.6 Å². The maximum absolute atomic E-state index is 13.4. The van der Waals surface area contributed by atoms with Crippen molar-refractivity contribution >= 4 is 0 Å². The normalized spacial score (nSPS) is 24.4. The number of likely N-dealkylation sites (tertiary alicyclic amines) is 1. The minimum atomic E-state index is -0.508. The summed E-state index contributed by atoms with van der Waals surface area (Å²) in [6.45, 7) is 5.46. The number of benzene rings is 1. The molecule has 0 spiro atoms. The summed E-state index contributed by atoms with van der Waals surface area (Å²) >= 11 is 0. The first-order valence-corrected chi connectivity index (χ1v) is 7.94. The molecule has 1 heterocycles. The van der Waals surface area contributed by atoms with Crippen LogP contribution in [-0.2, 0) is 0 Å². The molecule has 1 aromatic carbocycles. The molecule has 0 aromatic heterocycles. The molecule has 1 fully saturated rings. The predicted octanol–water partition coefficient (Wildman–Crippen LogP) is 3.88. The second-order valence-electron chi connectivity index (χ2n) is 6.06. The third kappa shape index (κ3) is 4.01. The van der Waals surface area contributed by atoms with Crippen LogP contribution in [0.15, 0.2) is 18.2 Å². The molecule has 1 aliphatic rings. The van der Waals surface area contributed by atoms with E-state index in [9.17, 15) is 8.78 Å². The Hall–Kier alpha value is -1.00. The number of nitrogens with zero attached hydrogens (tertiary/aromatic N) is 1. The van der Waals surface area contributed by atoms with Crippen molar-refractivity contribution in [3.63, 3.8) is 0 Å². The fraction of sp³-hybridized carbons (Fsp3) is 0.647. The van der Waals surface area contributed by atoms with Gasteiger partial charge in [-0.25, -0.2) is 8.78 Å². The Morgan fingerprint density at radius 1 is 1.24 bits per heavy atom. The molecule has 21 heavy (non-hydrogen) atoms. The monoisotopic (exact) mass is 296 g/mol. The minimum Gasteiger partial charge on any atom is -0.313 e. The molecular weight excluding hydrogens is 270 g/mol. The molecule has 2 rings (SSSR count). The Kier molecular flexibility index (Phi) is 5.71. The Labute approximate surface area is 126 Å². The summed E-state index contributed by atoms with van der Waals surface area (Å²) in [5, 5.41) is 3.18. The van der Waals surface area contributed by atoms with Crippen molar-refractivity contribution in [2.24, 2.45) is 0 Å². The molecule has 2 nitrogen and oxygen atoms in total. The zero-order chi connectivity index (χ0) is 15.4. The van der Waals surface area contributed by atoms with Crippen molar-refractivity contribution in [2.45, 2.75) is 57.7 Å². The van der Waals surface area contributed by atoms with Gasteiger partial charge in [0.1, 0.15) is 11.6 Å². The summed E-state index contributed by atoms with van der Waals surface area (Å²) in [6.07, 6.45) is 4.54. The summed E-state index contributed by atoms with van der Waals surface area (Å²) in [7, 11) is 1.85. The van der Waals surface area contributed by atoms with Gasteiger partial charge < -0.3 is 5.32 Å². The Balaban J connectivity index is 2.02. The average Bonchev–Trinajstić information content (AvgIpc) is 2.79. The van der Waals surface area contributed by atoms with E-state index in [0.29, 0.717) is 17.6 Å². The first-order valence-electron chi connectivity index (χ1n) is 7.94. The van der Waals surface area contributed by atoms with Crippen LogP contribution in [0, 0.1) is 11.6 Å². The standard InChI is InChI=1S/C17H26F2N2/c1-4-16-6-5-12(2)21(16)8-7-17(20-3)13-9-14(18)11-15(19)10-13/h9-12,16-17,20H,4-8H2,1-3H3. The second-order valence-corrected chi connectivity index (χ2v) is 6.06. The van der Waals surface area contributed by atoms with Gasteiger partial charge in [-0.05, 0) is 57.4 Å². The van der Waals surface area contributed by atoms with E-state index in [2.05, 4.69) is 24.1 Å². The van der Waals surface area contributed by atoms with Gasteiger partial charge in [0.25, 0.3) is 0 Å². The summed E-state index contributed by atoms with van der Waals surface area (Å²) < 4.78 is 26.7. The van der Waals surface area contributed by atoms with E-state index in [-0.39, 0.29) is 6.04 Å². The van der Waals surface area contributed by atoms with Crippen LogP contribution in [0.3, 0.4) is 0 Å². The van der Waals surface area contributed by atoms with Crippen molar-refractivity contribution in [1.29, 1.82) is 0 Å².